The number of H-pyrrole nitrogens is 1. The summed E-state index contributed by atoms with van der Waals surface area (Å²) in [5, 5.41) is 1.40. The van der Waals surface area contributed by atoms with E-state index in [0.717, 1.165) is 47.1 Å². The molecule has 2 heterocycles. The number of hydrogen-bond acceptors (Lipinski definition) is 4. The highest BCUT2D eigenvalue weighted by Crippen LogP contribution is 2.23. The minimum Gasteiger partial charge on any atom is -0.301 e. The maximum absolute atomic E-state index is 12.6. The largest absolute Gasteiger partial charge is 0.301 e. The summed E-state index contributed by atoms with van der Waals surface area (Å²) in [7, 11) is 0. The maximum Gasteiger partial charge on any atom is 0.256 e. The van der Waals surface area contributed by atoms with E-state index in [1.165, 1.54) is 17.3 Å². The van der Waals surface area contributed by atoms with Crippen molar-refractivity contribution < 1.29 is 0 Å². The third-order valence-corrected chi connectivity index (χ3v) is 5.82. The molecule has 0 spiro atoms. The van der Waals surface area contributed by atoms with Crippen LogP contribution in [0.2, 0.25) is 5.02 Å². The predicted octanol–water partition coefficient (Wildman–Crippen LogP) is 4.27. The smallest absolute Gasteiger partial charge is 0.256 e. The van der Waals surface area contributed by atoms with Gasteiger partial charge in [0.15, 0.2) is 5.16 Å². The number of hydrogen-bond donors (Lipinski definition) is 1. The van der Waals surface area contributed by atoms with E-state index in [1.807, 2.05) is 42.5 Å². The molecule has 0 bridgehead atoms. The van der Waals surface area contributed by atoms with Crippen LogP contribution in [0.3, 0.4) is 0 Å². The molecular weight excluding hydrogens is 378 g/mol. The zero-order chi connectivity index (χ0) is 18.6. The number of nitrogens with one attached hydrogen (secondary N) is 1. The molecule has 0 saturated carbocycles. The predicted molar refractivity (Wildman–Crippen MR) is 110 cm³/mol. The van der Waals surface area contributed by atoms with Gasteiger partial charge in [0.2, 0.25) is 0 Å². The highest BCUT2D eigenvalue weighted by Gasteiger charge is 2.21. The lowest BCUT2D eigenvalue weighted by Gasteiger charge is -2.27. The first-order valence-corrected chi connectivity index (χ1v) is 10.3. The van der Waals surface area contributed by atoms with Crippen LogP contribution in [0.4, 0.5) is 0 Å². The fourth-order valence-corrected chi connectivity index (χ4v) is 4.32. The SMILES string of the molecule is O=c1[nH]c(SCc2cccc(Cl)c2)nc2c1CN(Cc1ccccc1)CC2. The van der Waals surface area contributed by atoms with Gasteiger partial charge in [0.25, 0.3) is 5.56 Å². The van der Waals surface area contributed by atoms with Crippen LogP contribution in [0.15, 0.2) is 64.5 Å². The van der Waals surface area contributed by atoms with Crippen molar-refractivity contribution in [2.45, 2.75) is 30.4 Å². The number of benzene rings is 2. The number of fused-ring (bicyclic) bond motifs is 1. The van der Waals surface area contributed by atoms with Crippen molar-refractivity contribution in [2.75, 3.05) is 6.54 Å². The summed E-state index contributed by atoms with van der Waals surface area (Å²) in [5.41, 5.74) is 4.08. The second kappa shape index (κ2) is 8.30. The molecule has 0 aliphatic carbocycles. The quantitative estimate of drug-likeness (QED) is 0.515. The van der Waals surface area contributed by atoms with Crippen LogP contribution in [-0.4, -0.2) is 21.4 Å². The number of nitrogens with zero attached hydrogens (tertiary/aromatic N) is 2. The zero-order valence-corrected chi connectivity index (χ0v) is 16.4. The monoisotopic (exact) mass is 397 g/mol. The van der Waals surface area contributed by atoms with Gasteiger partial charge in [-0.3, -0.25) is 9.69 Å². The van der Waals surface area contributed by atoms with Gasteiger partial charge in [0.1, 0.15) is 0 Å². The fourth-order valence-electron chi connectivity index (χ4n) is 3.28. The molecule has 1 aliphatic rings. The van der Waals surface area contributed by atoms with Gasteiger partial charge in [-0.2, -0.15) is 0 Å². The zero-order valence-electron chi connectivity index (χ0n) is 14.8. The van der Waals surface area contributed by atoms with E-state index in [9.17, 15) is 4.79 Å². The Morgan fingerprint density at radius 3 is 2.74 bits per heavy atom. The average Bonchev–Trinajstić information content (AvgIpc) is 2.68. The molecule has 1 aromatic heterocycles. The summed E-state index contributed by atoms with van der Waals surface area (Å²) in [6, 6.07) is 18.1. The lowest BCUT2D eigenvalue weighted by atomic mass is 10.1. The van der Waals surface area contributed by atoms with E-state index >= 15 is 0 Å². The molecule has 0 fully saturated rings. The van der Waals surface area contributed by atoms with Crippen molar-refractivity contribution in [3.05, 3.63) is 92.4 Å². The first-order chi connectivity index (χ1) is 13.2. The number of thioether (sulfide) groups is 1. The van der Waals surface area contributed by atoms with Crippen LogP contribution in [0.5, 0.6) is 0 Å². The van der Waals surface area contributed by atoms with Gasteiger partial charge in [0.05, 0.1) is 11.3 Å². The standard InChI is InChI=1S/C21H20ClN3OS/c22-17-8-4-7-16(11-17)14-27-21-23-19-9-10-25(13-18(19)20(26)24-21)12-15-5-2-1-3-6-15/h1-8,11H,9-10,12-14H2,(H,23,24,26). The van der Waals surface area contributed by atoms with E-state index < -0.39 is 0 Å². The minimum absolute atomic E-state index is 0.0219. The summed E-state index contributed by atoms with van der Waals surface area (Å²) < 4.78 is 0. The summed E-state index contributed by atoms with van der Waals surface area (Å²) in [4.78, 5) is 22.5. The molecule has 4 nitrogen and oxygen atoms in total. The summed E-state index contributed by atoms with van der Waals surface area (Å²) in [5.74, 6) is 0.725. The minimum atomic E-state index is -0.0219. The van der Waals surface area contributed by atoms with Gasteiger partial charge < -0.3 is 4.98 Å². The Morgan fingerprint density at radius 1 is 1.11 bits per heavy atom. The summed E-state index contributed by atoms with van der Waals surface area (Å²) in [6.07, 6.45) is 0.802. The van der Waals surface area contributed by atoms with Crippen LogP contribution >= 0.6 is 23.4 Å². The number of rotatable bonds is 5. The van der Waals surface area contributed by atoms with E-state index in [4.69, 9.17) is 16.6 Å². The van der Waals surface area contributed by atoms with Gasteiger partial charge in [-0.05, 0) is 23.3 Å². The van der Waals surface area contributed by atoms with Crippen molar-refractivity contribution in [1.29, 1.82) is 0 Å². The maximum atomic E-state index is 12.6. The lowest BCUT2D eigenvalue weighted by molar-refractivity contribution is 0.241. The van der Waals surface area contributed by atoms with E-state index in [1.54, 1.807) is 0 Å². The van der Waals surface area contributed by atoms with Gasteiger partial charge in [0, 0.05) is 36.8 Å². The third kappa shape index (κ3) is 4.61. The molecule has 2 aromatic carbocycles. The molecule has 3 aromatic rings. The summed E-state index contributed by atoms with van der Waals surface area (Å²) >= 11 is 7.56. The molecule has 0 amide bonds. The molecule has 4 rings (SSSR count). The van der Waals surface area contributed by atoms with Crippen molar-refractivity contribution in [3.63, 3.8) is 0 Å². The number of aromatic amines is 1. The molecule has 0 unspecified atom stereocenters. The fraction of sp³-hybridized carbons (Fsp3) is 0.238. The Morgan fingerprint density at radius 2 is 1.93 bits per heavy atom. The molecule has 0 radical (unpaired) electrons. The molecule has 138 valence electrons. The second-order valence-corrected chi connectivity index (χ2v) is 8.06. The molecular formula is C21H20ClN3OS. The highest BCUT2D eigenvalue weighted by atomic mass is 35.5. The first kappa shape index (κ1) is 18.3. The van der Waals surface area contributed by atoms with E-state index in [0.29, 0.717) is 11.7 Å². The molecule has 27 heavy (non-hydrogen) atoms. The third-order valence-electron chi connectivity index (χ3n) is 4.64. The Labute approximate surface area is 167 Å². The van der Waals surface area contributed by atoms with Crippen LogP contribution in [0, 0.1) is 0 Å². The average molecular weight is 398 g/mol. The molecule has 1 N–H and O–H groups in total. The van der Waals surface area contributed by atoms with Crippen LogP contribution in [0.1, 0.15) is 22.4 Å². The second-order valence-electron chi connectivity index (χ2n) is 6.66. The van der Waals surface area contributed by atoms with Gasteiger partial charge in [-0.25, -0.2) is 4.98 Å². The first-order valence-electron chi connectivity index (χ1n) is 8.93. The normalized spacial score (nSPS) is 14.1. The molecule has 0 saturated heterocycles. The highest BCUT2D eigenvalue weighted by molar-refractivity contribution is 7.98. The lowest BCUT2D eigenvalue weighted by Crippen LogP contribution is -2.35. The van der Waals surface area contributed by atoms with Crippen molar-refractivity contribution >= 4 is 23.4 Å². The Bertz CT molecular complexity index is 990. The molecule has 1 aliphatic heterocycles. The van der Waals surface area contributed by atoms with Crippen molar-refractivity contribution in [1.82, 2.24) is 14.9 Å². The van der Waals surface area contributed by atoms with E-state index in [-0.39, 0.29) is 5.56 Å². The Kier molecular flexibility index (Phi) is 5.62. The van der Waals surface area contributed by atoms with Gasteiger partial charge >= 0.3 is 0 Å². The number of halogens is 1. The van der Waals surface area contributed by atoms with Gasteiger partial charge in [-0.15, -0.1) is 0 Å². The van der Waals surface area contributed by atoms with Crippen molar-refractivity contribution in [2.24, 2.45) is 0 Å². The Hall–Kier alpha value is -2.08. The molecule has 6 heteroatoms. The Balaban J connectivity index is 1.45. The van der Waals surface area contributed by atoms with Crippen LogP contribution < -0.4 is 5.56 Å². The van der Waals surface area contributed by atoms with E-state index in [2.05, 4.69) is 22.0 Å². The van der Waals surface area contributed by atoms with Gasteiger partial charge in [-0.1, -0.05) is 65.8 Å². The topological polar surface area (TPSA) is 49.0 Å². The van der Waals surface area contributed by atoms with Crippen LogP contribution in [-0.2, 0) is 25.3 Å². The van der Waals surface area contributed by atoms with Crippen LogP contribution in [0.25, 0.3) is 0 Å². The molecule has 0 atom stereocenters. The number of aromatic nitrogens is 2. The van der Waals surface area contributed by atoms with Crippen molar-refractivity contribution in [3.8, 4) is 0 Å². The summed E-state index contributed by atoms with van der Waals surface area (Å²) in [6.45, 7) is 2.41.